The molecule has 0 bridgehead atoms. The second-order valence-electron chi connectivity index (χ2n) is 5.19. The maximum atomic E-state index is 12.1. The molecule has 1 fully saturated rings. The largest absolute Gasteiger partial charge is 0.384 e. The van der Waals surface area contributed by atoms with Crippen molar-refractivity contribution in [3.8, 4) is 0 Å². The molecule has 0 aromatic heterocycles. The molecule has 1 amide bonds. The minimum atomic E-state index is 0.200. The van der Waals surface area contributed by atoms with E-state index in [2.05, 4.69) is 11.4 Å². The molecule has 0 aliphatic carbocycles. The van der Waals surface area contributed by atoms with Crippen molar-refractivity contribution in [3.63, 3.8) is 0 Å². The summed E-state index contributed by atoms with van der Waals surface area (Å²) in [4.78, 5) is 14.1. The summed E-state index contributed by atoms with van der Waals surface area (Å²) in [7, 11) is 1.70. The number of hydrogen-bond donors (Lipinski definition) is 1. The smallest absolute Gasteiger partial charge is 0.241 e. The number of piperidine rings is 1. The Hall–Kier alpha value is -1.55. The third-order valence-corrected chi connectivity index (χ3v) is 3.73. The molecule has 0 saturated carbocycles. The summed E-state index contributed by atoms with van der Waals surface area (Å²) in [6.45, 7) is 2.89. The molecule has 1 aliphatic heterocycles. The van der Waals surface area contributed by atoms with E-state index in [0.29, 0.717) is 13.2 Å². The van der Waals surface area contributed by atoms with E-state index < -0.39 is 0 Å². The first-order valence-electron chi connectivity index (χ1n) is 7.40. The predicted molar refractivity (Wildman–Crippen MR) is 80.9 cm³/mol. The highest BCUT2D eigenvalue weighted by Crippen LogP contribution is 2.16. The fourth-order valence-corrected chi connectivity index (χ4v) is 2.55. The first kappa shape index (κ1) is 14.9. The van der Waals surface area contributed by atoms with Crippen LogP contribution in [0.25, 0.3) is 0 Å². The molecule has 1 aromatic rings. The minimum absolute atomic E-state index is 0.200. The summed E-state index contributed by atoms with van der Waals surface area (Å²) in [5.41, 5.74) is 2.23. The zero-order valence-corrected chi connectivity index (χ0v) is 12.2. The number of benzene rings is 1. The molecule has 0 spiro atoms. The van der Waals surface area contributed by atoms with Crippen molar-refractivity contribution in [1.82, 2.24) is 4.90 Å². The normalized spacial score (nSPS) is 15.2. The number of para-hydroxylation sites is 1. The summed E-state index contributed by atoms with van der Waals surface area (Å²) >= 11 is 0. The number of hydrogen-bond acceptors (Lipinski definition) is 3. The standard InChI is InChI=1S/C16H24N2O2/c1-20-12-9-14-7-3-4-8-15(14)17-13-16(19)18-10-5-2-6-11-18/h3-4,7-8,17H,2,5-6,9-13H2,1H3. The van der Waals surface area contributed by atoms with Gasteiger partial charge in [-0.3, -0.25) is 4.79 Å². The Bertz CT molecular complexity index is 428. The van der Waals surface area contributed by atoms with Gasteiger partial charge in [0.1, 0.15) is 0 Å². The van der Waals surface area contributed by atoms with Crippen LogP contribution in [0.5, 0.6) is 0 Å². The average Bonchev–Trinajstić information content (AvgIpc) is 2.52. The molecule has 110 valence electrons. The van der Waals surface area contributed by atoms with Gasteiger partial charge in [0, 0.05) is 25.9 Å². The van der Waals surface area contributed by atoms with E-state index >= 15 is 0 Å². The van der Waals surface area contributed by atoms with Crippen molar-refractivity contribution in [2.45, 2.75) is 25.7 Å². The van der Waals surface area contributed by atoms with Crippen molar-refractivity contribution in [1.29, 1.82) is 0 Å². The minimum Gasteiger partial charge on any atom is -0.384 e. The Labute approximate surface area is 121 Å². The third kappa shape index (κ3) is 4.23. The van der Waals surface area contributed by atoms with E-state index in [1.54, 1.807) is 7.11 Å². The topological polar surface area (TPSA) is 41.6 Å². The Balaban J connectivity index is 1.87. The quantitative estimate of drug-likeness (QED) is 0.867. The lowest BCUT2D eigenvalue weighted by molar-refractivity contribution is -0.130. The number of carbonyl (C=O) groups excluding carboxylic acids is 1. The molecular formula is C16H24N2O2. The Kier molecular flexibility index (Phi) is 5.87. The molecule has 2 rings (SSSR count). The van der Waals surface area contributed by atoms with E-state index in [9.17, 15) is 4.79 Å². The van der Waals surface area contributed by atoms with Crippen molar-refractivity contribution in [3.05, 3.63) is 29.8 Å². The lowest BCUT2D eigenvalue weighted by Crippen LogP contribution is -2.39. The second kappa shape index (κ2) is 7.90. The van der Waals surface area contributed by atoms with Crippen LogP contribution in [0.1, 0.15) is 24.8 Å². The van der Waals surface area contributed by atoms with Gasteiger partial charge in [-0.25, -0.2) is 0 Å². The van der Waals surface area contributed by atoms with Gasteiger partial charge >= 0.3 is 0 Å². The van der Waals surface area contributed by atoms with E-state index in [-0.39, 0.29) is 5.91 Å². The maximum Gasteiger partial charge on any atom is 0.241 e. The average molecular weight is 276 g/mol. The van der Waals surface area contributed by atoms with Gasteiger partial charge in [-0.15, -0.1) is 0 Å². The maximum absolute atomic E-state index is 12.1. The van der Waals surface area contributed by atoms with Crippen LogP contribution >= 0.6 is 0 Å². The molecule has 1 aromatic carbocycles. The third-order valence-electron chi connectivity index (χ3n) is 3.73. The number of nitrogens with zero attached hydrogens (tertiary/aromatic N) is 1. The number of anilines is 1. The van der Waals surface area contributed by atoms with Gasteiger partial charge in [-0.1, -0.05) is 18.2 Å². The van der Waals surface area contributed by atoms with Gasteiger partial charge in [0.05, 0.1) is 13.2 Å². The molecule has 1 aliphatic rings. The number of likely N-dealkylation sites (tertiary alicyclic amines) is 1. The summed E-state index contributed by atoms with van der Waals surface area (Å²) in [6.07, 6.45) is 4.38. The summed E-state index contributed by atoms with van der Waals surface area (Å²) in [5.74, 6) is 0.200. The highest BCUT2D eigenvalue weighted by Gasteiger charge is 2.16. The second-order valence-corrected chi connectivity index (χ2v) is 5.19. The van der Waals surface area contributed by atoms with E-state index in [1.807, 2.05) is 23.1 Å². The monoisotopic (exact) mass is 276 g/mol. The van der Waals surface area contributed by atoms with Gasteiger partial charge < -0.3 is 15.0 Å². The molecule has 1 heterocycles. The van der Waals surface area contributed by atoms with Crippen LogP contribution < -0.4 is 5.32 Å². The molecule has 0 radical (unpaired) electrons. The van der Waals surface area contributed by atoms with Gasteiger partial charge in [0.15, 0.2) is 0 Å². The molecule has 0 atom stereocenters. The Morgan fingerprint density at radius 1 is 1.25 bits per heavy atom. The number of carbonyl (C=O) groups is 1. The van der Waals surface area contributed by atoms with Crippen molar-refractivity contribution in [2.75, 3.05) is 38.7 Å². The number of rotatable bonds is 6. The van der Waals surface area contributed by atoms with Crippen LogP contribution in [0, 0.1) is 0 Å². The Morgan fingerprint density at radius 2 is 2.00 bits per heavy atom. The van der Waals surface area contributed by atoms with Crippen LogP contribution in [0.4, 0.5) is 5.69 Å². The molecule has 0 unspecified atom stereocenters. The van der Waals surface area contributed by atoms with Gasteiger partial charge in [-0.05, 0) is 37.3 Å². The Morgan fingerprint density at radius 3 is 2.75 bits per heavy atom. The number of ether oxygens (including phenoxy) is 1. The lowest BCUT2D eigenvalue weighted by Gasteiger charge is -2.27. The van der Waals surface area contributed by atoms with Crippen LogP contribution in [0.2, 0.25) is 0 Å². The molecule has 4 nitrogen and oxygen atoms in total. The summed E-state index contributed by atoms with van der Waals surface area (Å²) in [5, 5.41) is 3.27. The zero-order valence-electron chi connectivity index (χ0n) is 12.2. The molecule has 4 heteroatoms. The van der Waals surface area contributed by atoms with Gasteiger partial charge in [-0.2, -0.15) is 0 Å². The highest BCUT2D eigenvalue weighted by atomic mass is 16.5. The molecule has 1 N–H and O–H groups in total. The molecule has 20 heavy (non-hydrogen) atoms. The van der Waals surface area contributed by atoms with Crippen LogP contribution in [-0.2, 0) is 16.0 Å². The number of amides is 1. The predicted octanol–water partition coefficient (Wildman–Crippen LogP) is 2.30. The van der Waals surface area contributed by atoms with E-state index in [1.165, 1.54) is 12.0 Å². The fraction of sp³-hybridized carbons (Fsp3) is 0.562. The van der Waals surface area contributed by atoms with E-state index in [4.69, 9.17) is 4.74 Å². The highest BCUT2D eigenvalue weighted by molar-refractivity contribution is 5.81. The van der Waals surface area contributed by atoms with Crippen LogP contribution in [-0.4, -0.2) is 44.2 Å². The fourth-order valence-electron chi connectivity index (χ4n) is 2.55. The summed E-state index contributed by atoms with van der Waals surface area (Å²) < 4.78 is 5.12. The van der Waals surface area contributed by atoms with Crippen LogP contribution in [0.3, 0.4) is 0 Å². The van der Waals surface area contributed by atoms with Gasteiger partial charge in [0.2, 0.25) is 5.91 Å². The first-order chi connectivity index (χ1) is 9.81. The molecular weight excluding hydrogens is 252 g/mol. The van der Waals surface area contributed by atoms with Gasteiger partial charge in [0.25, 0.3) is 0 Å². The van der Waals surface area contributed by atoms with Crippen LogP contribution in [0.15, 0.2) is 24.3 Å². The van der Waals surface area contributed by atoms with Crippen molar-refractivity contribution >= 4 is 11.6 Å². The van der Waals surface area contributed by atoms with Crippen molar-refractivity contribution < 1.29 is 9.53 Å². The molecule has 1 saturated heterocycles. The number of methoxy groups -OCH3 is 1. The number of nitrogens with one attached hydrogen (secondary N) is 1. The van der Waals surface area contributed by atoms with E-state index in [0.717, 1.165) is 38.0 Å². The SMILES string of the molecule is COCCc1ccccc1NCC(=O)N1CCCCC1. The lowest BCUT2D eigenvalue weighted by atomic mass is 10.1. The summed E-state index contributed by atoms with van der Waals surface area (Å²) in [6, 6.07) is 8.10. The first-order valence-corrected chi connectivity index (χ1v) is 7.40. The van der Waals surface area contributed by atoms with Crippen molar-refractivity contribution in [2.24, 2.45) is 0 Å². The zero-order chi connectivity index (χ0) is 14.2.